The molecular weight excluding hydrogens is 376 g/mol. The second kappa shape index (κ2) is 6.78. The molecule has 1 N–H and O–H groups in total. The van der Waals surface area contributed by atoms with Gasteiger partial charge in [-0.15, -0.1) is 0 Å². The van der Waals surface area contributed by atoms with Crippen LogP contribution in [0, 0.1) is 3.57 Å². The molecule has 3 nitrogen and oxygen atoms in total. The number of halogens is 3. The second-order valence-electron chi connectivity index (χ2n) is 3.36. The molecule has 0 aliphatic carbocycles. The predicted molar refractivity (Wildman–Crippen MR) is 77.8 cm³/mol. The highest BCUT2D eigenvalue weighted by Gasteiger charge is 2.18. The molecule has 0 bridgehead atoms. The minimum atomic E-state index is -0.171. The molecule has 1 aromatic rings. The third-order valence-corrected chi connectivity index (χ3v) is 4.26. The van der Waals surface area contributed by atoms with E-state index in [9.17, 15) is 4.79 Å². The first-order valence-corrected chi connectivity index (χ1v) is 6.89. The van der Waals surface area contributed by atoms with E-state index < -0.39 is 0 Å². The Morgan fingerprint density at radius 2 is 2.12 bits per heavy atom. The van der Waals surface area contributed by atoms with Crippen LogP contribution >= 0.6 is 45.8 Å². The molecular formula is C11H12Cl2INO2. The molecule has 1 rings (SSSR count). The number of nitrogens with zero attached hydrogens (tertiary/aromatic N) is 1. The molecule has 1 aromatic carbocycles. The number of hydrogen-bond donors (Lipinski definition) is 1. The monoisotopic (exact) mass is 387 g/mol. The summed E-state index contributed by atoms with van der Waals surface area (Å²) in [7, 11) is 0. The van der Waals surface area contributed by atoms with Crippen LogP contribution in [0.25, 0.3) is 0 Å². The summed E-state index contributed by atoms with van der Waals surface area (Å²) in [5.74, 6) is -0.171. The molecule has 17 heavy (non-hydrogen) atoms. The number of aliphatic hydroxyl groups is 1. The number of rotatable bonds is 4. The first kappa shape index (κ1) is 15.0. The van der Waals surface area contributed by atoms with Gasteiger partial charge < -0.3 is 10.0 Å². The number of hydrogen-bond acceptors (Lipinski definition) is 2. The van der Waals surface area contributed by atoms with Crippen molar-refractivity contribution in [3.05, 3.63) is 31.3 Å². The topological polar surface area (TPSA) is 40.5 Å². The van der Waals surface area contributed by atoms with Gasteiger partial charge in [0.05, 0.1) is 17.2 Å². The number of likely N-dealkylation sites (N-methyl/N-ethyl adjacent to an activating group) is 1. The summed E-state index contributed by atoms with van der Waals surface area (Å²) in [6.07, 6.45) is 0. The van der Waals surface area contributed by atoms with Crippen molar-refractivity contribution in [2.24, 2.45) is 0 Å². The third-order valence-electron chi connectivity index (χ3n) is 2.26. The first-order chi connectivity index (χ1) is 8.01. The zero-order valence-electron chi connectivity index (χ0n) is 9.21. The molecule has 94 valence electrons. The van der Waals surface area contributed by atoms with Gasteiger partial charge in [0.2, 0.25) is 0 Å². The normalized spacial score (nSPS) is 10.4. The lowest BCUT2D eigenvalue weighted by molar-refractivity contribution is 0.0731. The first-order valence-electron chi connectivity index (χ1n) is 5.06. The van der Waals surface area contributed by atoms with E-state index in [-0.39, 0.29) is 12.5 Å². The SMILES string of the molecule is CCN(CCO)C(=O)c1cc(Cl)cc(Cl)c1I. The zero-order valence-corrected chi connectivity index (χ0v) is 12.9. The van der Waals surface area contributed by atoms with Gasteiger partial charge in [0.15, 0.2) is 0 Å². The van der Waals surface area contributed by atoms with E-state index in [1.807, 2.05) is 29.5 Å². The third kappa shape index (κ3) is 3.71. The minimum Gasteiger partial charge on any atom is -0.395 e. The summed E-state index contributed by atoms with van der Waals surface area (Å²) in [5, 5.41) is 9.78. The van der Waals surface area contributed by atoms with E-state index in [4.69, 9.17) is 28.3 Å². The Balaban J connectivity index is 3.10. The number of aliphatic hydroxyl groups excluding tert-OH is 1. The summed E-state index contributed by atoms with van der Waals surface area (Å²) in [6.45, 7) is 2.62. The average Bonchev–Trinajstić information content (AvgIpc) is 2.29. The zero-order chi connectivity index (χ0) is 13.0. The molecule has 0 saturated carbocycles. The van der Waals surface area contributed by atoms with Crippen LogP contribution < -0.4 is 0 Å². The number of carbonyl (C=O) groups excluding carboxylic acids is 1. The van der Waals surface area contributed by atoms with E-state index in [1.54, 1.807) is 17.0 Å². The highest BCUT2D eigenvalue weighted by Crippen LogP contribution is 2.27. The van der Waals surface area contributed by atoms with E-state index in [0.717, 1.165) is 0 Å². The Bertz CT molecular complexity index is 426. The van der Waals surface area contributed by atoms with Gasteiger partial charge in [0, 0.05) is 21.7 Å². The lowest BCUT2D eigenvalue weighted by Crippen LogP contribution is -2.33. The van der Waals surface area contributed by atoms with E-state index >= 15 is 0 Å². The van der Waals surface area contributed by atoms with Crippen LogP contribution in [0.1, 0.15) is 17.3 Å². The Morgan fingerprint density at radius 3 is 2.65 bits per heavy atom. The fourth-order valence-electron chi connectivity index (χ4n) is 1.41. The van der Waals surface area contributed by atoms with Crippen LogP contribution in [-0.4, -0.2) is 35.6 Å². The van der Waals surface area contributed by atoms with Crippen LogP contribution in [0.15, 0.2) is 12.1 Å². The molecule has 0 aliphatic rings. The van der Waals surface area contributed by atoms with Gasteiger partial charge >= 0.3 is 0 Å². The molecule has 0 radical (unpaired) electrons. The van der Waals surface area contributed by atoms with E-state index in [0.29, 0.717) is 32.3 Å². The molecule has 0 atom stereocenters. The molecule has 0 aromatic heterocycles. The second-order valence-corrected chi connectivity index (χ2v) is 5.28. The molecule has 0 fully saturated rings. The number of benzene rings is 1. The maximum atomic E-state index is 12.2. The fraction of sp³-hybridized carbons (Fsp3) is 0.364. The highest BCUT2D eigenvalue weighted by molar-refractivity contribution is 14.1. The van der Waals surface area contributed by atoms with Gasteiger partial charge in [0.1, 0.15) is 0 Å². The maximum absolute atomic E-state index is 12.2. The van der Waals surface area contributed by atoms with Crippen molar-refractivity contribution < 1.29 is 9.90 Å². The van der Waals surface area contributed by atoms with Crippen molar-refractivity contribution in [3.8, 4) is 0 Å². The van der Waals surface area contributed by atoms with Crippen LogP contribution in [0.2, 0.25) is 10.0 Å². The lowest BCUT2D eigenvalue weighted by Gasteiger charge is -2.20. The minimum absolute atomic E-state index is 0.0650. The quantitative estimate of drug-likeness (QED) is 0.637. The summed E-state index contributed by atoms with van der Waals surface area (Å²) < 4.78 is 0.676. The summed E-state index contributed by atoms with van der Waals surface area (Å²) in [6, 6.07) is 3.20. The molecule has 0 spiro atoms. The van der Waals surface area contributed by atoms with Crippen LogP contribution in [-0.2, 0) is 0 Å². The van der Waals surface area contributed by atoms with Crippen molar-refractivity contribution in [1.29, 1.82) is 0 Å². The largest absolute Gasteiger partial charge is 0.395 e. The van der Waals surface area contributed by atoms with Gasteiger partial charge in [-0.3, -0.25) is 4.79 Å². The molecule has 1 amide bonds. The summed E-state index contributed by atoms with van der Waals surface area (Å²) in [4.78, 5) is 13.7. The Hall–Kier alpha value is -0.0400. The standard InChI is InChI=1S/C11H12Cl2INO2/c1-2-15(3-4-16)11(17)8-5-7(12)6-9(13)10(8)14/h5-6,16H,2-4H2,1H3. The lowest BCUT2D eigenvalue weighted by atomic mass is 10.2. The van der Waals surface area contributed by atoms with E-state index in [1.165, 1.54) is 0 Å². The molecule has 6 heteroatoms. The van der Waals surface area contributed by atoms with Crippen molar-refractivity contribution in [3.63, 3.8) is 0 Å². The van der Waals surface area contributed by atoms with Gasteiger partial charge in [-0.25, -0.2) is 0 Å². The maximum Gasteiger partial charge on any atom is 0.255 e. The number of carbonyl (C=O) groups is 1. The average molecular weight is 388 g/mol. The predicted octanol–water partition coefficient (Wildman–Crippen LogP) is 3.05. The van der Waals surface area contributed by atoms with Crippen molar-refractivity contribution in [1.82, 2.24) is 4.90 Å². The summed E-state index contributed by atoms with van der Waals surface area (Å²) in [5.41, 5.74) is 0.471. The number of amides is 1. The van der Waals surface area contributed by atoms with Crippen LogP contribution in [0.5, 0.6) is 0 Å². The Kier molecular flexibility index (Phi) is 5.99. The van der Waals surface area contributed by atoms with Crippen molar-refractivity contribution >= 4 is 51.7 Å². The molecule has 0 saturated heterocycles. The van der Waals surface area contributed by atoms with Crippen molar-refractivity contribution in [2.45, 2.75) is 6.92 Å². The molecule has 0 aliphatic heterocycles. The van der Waals surface area contributed by atoms with E-state index in [2.05, 4.69) is 0 Å². The van der Waals surface area contributed by atoms with Gasteiger partial charge in [-0.2, -0.15) is 0 Å². The summed E-state index contributed by atoms with van der Waals surface area (Å²) >= 11 is 13.9. The van der Waals surface area contributed by atoms with Gasteiger partial charge in [-0.05, 0) is 41.6 Å². The Labute approximate surface area is 124 Å². The van der Waals surface area contributed by atoms with Gasteiger partial charge in [0.25, 0.3) is 5.91 Å². The van der Waals surface area contributed by atoms with Crippen molar-refractivity contribution in [2.75, 3.05) is 19.7 Å². The molecule has 0 heterocycles. The molecule has 0 unspecified atom stereocenters. The van der Waals surface area contributed by atoms with Gasteiger partial charge in [-0.1, -0.05) is 23.2 Å². The van der Waals surface area contributed by atoms with Crippen LogP contribution in [0.4, 0.5) is 0 Å². The highest BCUT2D eigenvalue weighted by atomic mass is 127. The van der Waals surface area contributed by atoms with Crippen LogP contribution in [0.3, 0.4) is 0 Å². The fourth-order valence-corrected chi connectivity index (χ4v) is 2.44. The smallest absolute Gasteiger partial charge is 0.255 e. The Morgan fingerprint density at radius 1 is 1.47 bits per heavy atom.